The number of benzene rings is 1. The van der Waals surface area contributed by atoms with Crippen LogP contribution < -0.4 is 5.56 Å². The van der Waals surface area contributed by atoms with Gasteiger partial charge in [0.05, 0.1) is 18.3 Å². The summed E-state index contributed by atoms with van der Waals surface area (Å²) in [4.78, 5) is 32.7. The fraction of sp³-hybridized carbons (Fsp3) is 0.480. The van der Waals surface area contributed by atoms with E-state index in [-0.39, 0.29) is 17.9 Å². The van der Waals surface area contributed by atoms with E-state index in [2.05, 4.69) is 24.0 Å². The molecule has 5 rings (SSSR count). The van der Waals surface area contributed by atoms with Gasteiger partial charge in [0, 0.05) is 10.4 Å². The van der Waals surface area contributed by atoms with Crippen LogP contribution in [0.25, 0.3) is 10.2 Å². The minimum Gasteiger partial charge on any atom is -0.292 e. The second kappa shape index (κ2) is 8.10. The van der Waals surface area contributed by atoms with E-state index in [1.807, 2.05) is 12.1 Å². The lowest BCUT2D eigenvalue weighted by Gasteiger charge is -2.22. The molecule has 0 radical (unpaired) electrons. The average Bonchev–Trinajstić information content (AvgIpc) is 3.14. The summed E-state index contributed by atoms with van der Waals surface area (Å²) in [7, 11) is 0. The minimum atomic E-state index is -0.0702. The highest BCUT2D eigenvalue weighted by molar-refractivity contribution is 7.18. The second-order valence-electron chi connectivity index (χ2n) is 9.09. The van der Waals surface area contributed by atoms with Crippen molar-refractivity contribution in [1.82, 2.24) is 9.55 Å². The van der Waals surface area contributed by atoms with Crippen LogP contribution >= 0.6 is 11.3 Å². The molecule has 1 aromatic carbocycles. The molecule has 3 aromatic rings. The van der Waals surface area contributed by atoms with Crippen molar-refractivity contribution in [2.45, 2.75) is 70.8 Å². The van der Waals surface area contributed by atoms with Crippen LogP contribution in [0.3, 0.4) is 0 Å². The molecule has 4 nitrogen and oxygen atoms in total. The molecule has 2 heterocycles. The van der Waals surface area contributed by atoms with Gasteiger partial charge in [-0.2, -0.15) is 0 Å². The first-order valence-electron chi connectivity index (χ1n) is 11.2. The second-order valence-corrected chi connectivity index (χ2v) is 10.2. The van der Waals surface area contributed by atoms with Crippen LogP contribution in [0.1, 0.15) is 77.7 Å². The number of thiophene rings is 1. The zero-order valence-corrected chi connectivity index (χ0v) is 18.3. The molecule has 1 fully saturated rings. The molecular weight excluding hydrogens is 392 g/mol. The Balaban J connectivity index is 1.38. The number of carbonyl (C=O) groups is 1. The van der Waals surface area contributed by atoms with Crippen molar-refractivity contribution in [1.29, 1.82) is 0 Å². The topological polar surface area (TPSA) is 52.0 Å². The summed E-state index contributed by atoms with van der Waals surface area (Å²) < 4.78 is 1.49. The number of fused-ring (bicyclic) bond motifs is 3. The molecule has 0 spiro atoms. The molecular formula is C25H28N2O2S. The number of hydrogen-bond acceptors (Lipinski definition) is 4. The van der Waals surface area contributed by atoms with Gasteiger partial charge in [-0.15, -0.1) is 11.3 Å². The third-order valence-electron chi connectivity index (χ3n) is 6.91. The Morgan fingerprint density at radius 2 is 1.90 bits per heavy atom. The number of hydrogen-bond donors (Lipinski definition) is 0. The lowest BCUT2D eigenvalue weighted by Crippen LogP contribution is -2.25. The molecule has 1 saturated carbocycles. The molecule has 5 heteroatoms. The Bertz CT molecular complexity index is 1140. The quantitative estimate of drug-likeness (QED) is 0.523. The highest BCUT2D eigenvalue weighted by Crippen LogP contribution is 2.35. The van der Waals surface area contributed by atoms with Gasteiger partial charge in [-0.25, -0.2) is 4.98 Å². The van der Waals surface area contributed by atoms with Gasteiger partial charge in [0.1, 0.15) is 4.83 Å². The molecule has 0 unspecified atom stereocenters. The predicted octanol–water partition coefficient (Wildman–Crippen LogP) is 5.51. The maximum absolute atomic E-state index is 13.1. The number of ketones is 1. The van der Waals surface area contributed by atoms with Gasteiger partial charge in [-0.05, 0) is 55.1 Å². The van der Waals surface area contributed by atoms with Crippen LogP contribution in [0.4, 0.5) is 0 Å². The van der Waals surface area contributed by atoms with Crippen LogP contribution in [0.2, 0.25) is 0 Å². The molecule has 2 aliphatic carbocycles. The molecule has 0 bridgehead atoms. The number of aryl methyl sites for hydroxylation is 1. The third-order valence-corrected chi connectivity index (χ3v) is 8.07. The average molecular weight is 421 g/mol. The van der Waals surface area contributed by atoms with E-state index in [4.69, 9.17) is 0 Å². The van der Waals surface area contributed by atoms with Gasteiger partial charge >= 0.3 is 0 Å². The van der Waals surface area contributed by atoms with Gasteiger partial charge < -0.3 is 0 Å². The fourth-order valence-electron chi connectivity index (χ4n) is 5.10. The number of rotatable bonds is 4. The molecule has 0 saturated heterocycles. The highest BCUT2D eigenvalue weighted by atomic mass is 32.1. The van der Waals surface area contributed by atoms with Crippen molar-refractivity contribution < 1.29 is 4.79 Å². The first-order chi connectivity index (χ1) is 14.6. The predicted molar refractivity (Wildman–Crippen MR) is 122 cm³/mol. The van der Waals surface area contributed by atoms with E-state index >= 15 is 0 Å². The zero-order chi connectivity index (χ0) is 20.7. The van der Waals surface area contributed by atoms with Crippen molar-refractivity contribution in [3.63, 3.8) is 0 Å². The van der Waals surface area contributed by atoms with Crippen molar-refractivity contribution in [2.75, 3.05) is 0 Å². The molecule has 2 aromatic heterocycles. The van der Waals surface area contributed by atoms with Gasteiger partial charge in [0.15, 0.2) is 5.78 Å². The maximum atomic E-state index is 13.1. The summed E-state index contributed by atoms with van der Waals surface area (Å²) in [5.74, 6) is 1.25. The summed E-state index contributed by atoms with van der Waals surface area (Å²) in [5, 5.41) is 0.741. The van der Waals surface area contributed by atoms with E-state index in [1.54, 1.807) is 17.7 Å². The van der Waals surface area contributed by atoms with Crippen LogP contribution in [0, 0.1) is 5.92 Å². The van der Waals surface area contributed by atoms with E-state index in [0.717, 1.165) is 29.5 Å². The molecule has 0 N–H and O–H groups in total. The van der Waals surface area contributed by atoms with E-state index < -0.39 is 0 Å². The van der Waals surface area contributed by atoms with Gasteiger partial charge in [-0.1, -0.05) is 50.5 Å². The molecule has 156 valence electrons. The summed E-state index contributed by atoms with van der Waals surface area (Å²) in [6, 6.07) is 8.06. The Morgan fingerprint density at radius 3 is 2.67 bits per heavy atom. The Hall–Kier alpha value is -2.27. The SMILES string of the molecule is C[C@H]1CCc2c(sc3ncn(CC(=O)c4ccc(C5CCCCC5)cc4)c(=O)c23)C1. The van der Waals surface area contributed by atoms with Crippen LogP contribution in [-0.2, 0) is 19.4 Å². The first-order valence-corrected chi connectivity index (χ1v) is 12.0. The van der Waals surface area contributed by atoms with Crippen molar-refractivity contribution in [3.05, 3.63) is 62.5 Å². The lowest BCUT2D eigenvalue weighted by molar-refractivity contribution is 0.0970. The zero-order valence-electron chi connectivity index (χ0n) is 17.5. The largest absolute Gasteiger partial charge is 0.292 e. The molecule has 0 amide bonds. The first kappa shape index (κ1) is 19.7. The number of aromatic nitrogens is 2. The monoisotopic (exact) mass is 420 g/mol. The minimum absolute atomic E-state index is 0.0360. The van der Waals surface area contributed by atoms with Crippen LogP contribution in [-0.4, -0.2) is 15.3 Å². The van der Waals surface area contributed by atoms with Crippen LogP contribution in [0.15, 0.2) is 35.4 Å². The number of carbonyl (C=O) groups excluding carboxylic acids is 1. The summed E-state index contributed by atoms with van der Waals surface area (Å²) in [6.45, 7) is 2.31. The number of nitrogens with zero attached hydrogens (tertiary/aromatic N) is 2. The van der Waals surface area contributed by atoms with Crippen LogP contribution in [0.5, 0.6) is 0 Å². The third kappa shape index (κ3) is 3.64. The normalized spacial score (nSPS) is 19.7. The van der Waals surface area contributed by atoms with Crippen molar-refractivity contribution in [3.8, 4) is 0 Å². The Labute approximate surface area is 181 Å². The summed E-state index contributed by atoms with van der Waals surface area (Å²) in [5.41, 5.74) is 3.11. The fourth-order valence-corrected chi connectivity index (χ4v) is 6.44. The van der Waals surface area contributed by atoms with E-state index in [0.29, 0.717) is 17.4 Å². The molecule has 2 aliphatic rings. The smallest absolute Gasteiger partial charge is 0.262 e. The summed E-state index contributed by atoms with van der Waals surface area (Å²) >= 11 is 1.65. The van der Waals surface area contributed by atoms with Crippen molar-refractivity contribution in [2.24, 2.45) is 5.92 Å². The highest BCUT2D eigenvalue weighted by Gasteiger charge is 2.23. The number of Topliss-reactive ketones (excluding diaryl/α,β-unsaturated/α-hetero) is 1. The van der Waals surface area contributed by atoms with E-state index in [1.165, 1.54) is 52.7 Å². The van der Waals surface area contributed by atoms with Crippen molar-refractivity contribution >= 4 is 27.3 Å². The van der Waals surface area contributed by atoms with E-state index in [9.17, 15) is 9.59 Å². The van der Waals surface area contributed by atoms with Gasteiger partial charge in [0.25, 0.3) is 5.56 Å². The molecule has 30 heavy (non-hydrogen) atoms. The van der Waals surface area contributed by atoms with Gasteiger partial charge in [0.2, 0.25) is 0 Å². The maximum Gasteiger partial charge on any atom is 0.262 e. The molecule has 1 atom stereocenters. The standard InChI is InChI=1S/C25H28N2O2S/c1-16-7-12-20-22(13-16)30-24-23(20)25(29)27(15-26-24)14-21(28)19-10-8-18(9-11-19)17-5-3-2-4-6-17/h8-11,15-17H,2-7,12-14H2,1H3/t16-/m0/s1. The molecule has 0 aliphatic heterocycles. The Kier molecular flexibility index (Phi) is 5.32. The van der Waals surface area contributed by atoms with Gasteiger partial charge in [-0.3, -0.25) is 14.2 Å². The lowest BCUT2D eigenvalue weighted by atomic mass is 9.84. The summed E-state index contributed by atoms with van der Waals surface area (Å²) in [6.07, 6.45) is 11.1. The Morgan fingerprint density at radius 1 is 1.13 bits per heavy atom.